The molecule has 0 radical (unpaired) electrons. The Bertz CT molecular complexity index is 983. The zero-order valence-electron chi connectivity index (χ0n) is 17.1. The van der Waals surface area contributed by atoms with Crippen LogP contribution in [-0.2, 0) is 6.54 Å². The summed E-state index contributed by atoms with van der Waals surface area (Å²) in [5.41, 5.74) is 5.32. The van der Waals surface area contributed by atoms with E-state index >= 15 is 0 Å². The summed E-state index contributed by atoms with van der Waals surface area (Å²) < 4.78 is 5.56. The van der Waals surface area contributed by atoms with Crippen LogP contribution in [0.15, 0.2) is 45.4 Å². The molecule has 8 nitrogen and oxygen atoms in total. The largest absolute Gasteiger partial charge is 0.444 e. The normalized spacial score (nSPS) is 11.0. The number of rotatable bonds is 7. The first-order valence-corrected chi connectivity index (χ1v) is 10.1. The molecule has 0 unspecified atom stereocenters. The van der Waals surface area contributed by atoms with Gasteiger partial charge in [-0.25, -0.2) is 9.97 Å². The standard InChI is InChI=1S/C20H24N6O2S.HI/c1-13-4-6-15(7-5-13)19-26-16(11-28-19)10-24-20(21-3)23-9-8-22-18(27)17-14(2)25-12-29-17;/h4-7,11-12H,8-10H2,1-3H3,(H,22,27)(H2,21,23,24);1H. The lowest BCUT2D eigenvalue weighted by atomic mass is 10.1. The highest BCUT2D eigenvalue weighted by molar-refractivity contribution is 14.0. The number of aromatic nitrogens is 2. The minimum Gasteiger partial charge on any atom is -0.444 e. The van der Waals surface area contributed by atoms with Crippen LogP contribution in [0.5, 0.6) is 0 Å². The van der Waals surface area contributed by atoms with Crippen LogP contribution < -0.4 is 16.0 Å². The molecule has 10 heteroatoms. The third kappa shape index (κ3) is 6.52. The van der Waals surface area contributed by atoms with E-state index in [9.17, 15) is 4.79 Å². The van der Waals surface area contributed by atoms with Crippen molar-refractivity contribution in [2.75, 3.05) is 20.1 Å². The molecule has 0 aliphatic carbocycles. The number of carbonyl (C=O) groups excluding carboxylic acids is 1. The van der Waals surface area contributed by atoms with Crippen molar-refractivity contribution in [2.24, 2.45) is 4.99 Å². The molecule has 0 saturated carbocycles. The molecule has 30 heavy (non-hydrogen) atoms. The average molecular weight is 540 g/mol. The fourth-order valence-electron chi connectivity index (χ4n) is 2.57. The second kappa shape index (κ2) is 11.6. The lowest BCUT2D eigenvalue weighted by molar-refractivity contribution is 0.0957. The minimum atomic E-state index is -0.110. The Morgan fingerprint density at radius 2 is 1.87 bits per heavy atom. The van der Waals surface area contributed by atoms with Gasteiger partial charge in [-0.2, -0.15) is 0 Å². The summed E-state index contributed by atoms with van der Waals surface area (Å²) in [7, 11) is 1.69. The molecule has 0 spiro atoms. The number of aryl methyl sites for hydroxylation is 2. The highest BCUT2D eigenvalue weighted by Gasteiger charge is 2.11. The summed E-state index contributed by atoms with van der Waals surface area (Å²) in [5, 5.41) is 9.20. The molecule has 160 valence electrons. The molecular weight excluding hydrogens is 515 g/mol. The van der Waals surface area contributed by atoms with Crippen LogP contribution in [0.25, 0.3) is 11.5 Å². The Balaban J connectivity index is 0.00000320. The number of aliphatic imine (C=N–C) groups is 1. The first kappa shape index (κ1) is 23.8. The van der Waals surface area contributed by atoms with E-state index in [0.717, 1.165) is 17.0 Å². The molecule has 0 atom stereocenters. The Labute approximate surface area is 196 Å². The zero-order chi connectivity index (χ0) is 20.6. The van der Waals surface area contributed by atoms with Crippen LogP contribution in [0, 0.1) is 13.8 Å². The van der Waals surface area contributed by atoms with Crippen LogP contribution in [0.3, 0.4) is 0 Å². The van der Waals surface area contributed by atoms with Gasteiger partial charge in [0, 0.05) is 25.7 Å². The number of amides is 1. The second-order valence-electron chi connectivity index (χ2n) is 6.39. The van der Waals surface area contributed by atoms with Crippen molar-refractivity contribution in [1.29, 1.82) is 0 Å². The molecule has 3 rings (SSSR count). The Kier molecular flexibility index (Phi) is 9.24. The number of nitrogens with one attached hydrogen (secondary N) is 3. The summed E-state index contributed by atoms with van der Waals surface area (Å²) in [5.74, 6) is 1.10. The molecule has 3 aromatic rings. The first-order chi connectivity index (χ1) is 14.1. The van der Waals surface area contributed by atoms with Gasteiger partial charge < -0.3 is 20.4 Å². The summed E-state index contributed by atoms with van der Waals surface area (Å²) in [4.78, 5) is 25.5. The van der Waals surface area contributed by atoms with Crippen molar-refractivity contribution in [3.05, 3.63) is 57.9 Å². The molecule has 0 bridgehead atoms. The second-order valence-corrected chi connectivity index (χ2v) is 7.24. The first-order valence-electron chi connectivity index (χ1n) is 9.21. The van der Waals surface area contributed by atoms with Crippen LogP contribution in [0.1, 0.15) is 26.6 Å². The highest BCUT2D eigenvalue weighted by atomic mass is 127. The number of carbonyl (C=O) groups is 1. The third-order valence-corrected chi connectivity index (χ3v) is 5.09. The van der Waals surface area contributed by atoms with Gasteiger partial charge in [0.1, 0.15) is 11.1 Å². The van der Waals surface area contributed by atoms with E-state index in [1.807, 2.05) is 38.1 Å². The van der Waals surface area contributed by atoms with Gasteiger partial charge in [-0.15, -0.1) is 35.3 Å². The monoisotopic (exact) mass is 540 g/mol. The van der Waals surface area contributed by atoms with Gasteiger partial charge in [-0.05, 0) is 26.0 Å². The van der Waals surface area contributed by atoms with Crippen LogP contribution in [0.4, 0.5) is 0 Å². The van der Waals surface area contributed by atoms with Gasteiger partial charge in [0.05, 0.1) is 23.4 Å². The maximum absolute atomic E-state index is 12.1. The fourth-order valence-corrected chi connectivity index (χ4v) is 3.29. The molecule has 1 aromatic carbocycles. The molecule has 2 aromatic heterocycles. The quantitative estimate of drug-likeness (QED) is 0.184. The fraction of sp³-hybridized carbons (Fsp3) is 0.300. The molecule has 3 N–H and O–H groups in total. The summed E-state index contributed by atoms with van der Waals surface area (Å²) >= 11 is 1.34. The van der Waals surface area contributed by atoms with Crippen molar-refractivity contribution in [2.45, 2.75) is 20.4 Å². The lowest BCUT2D eigenvalue weighted by Crippen LogP contribution is -2.41. The maximum Gasteiger partial charge on any atom is 0.263 e. The van der Waals surface area contributed by atoms with E-state index in [1.165, 1.54) is 16.9 Å². The number of guanidine groups is 1. The molecule has 0 aliphatic rings. The van der Waals surface area contributed by atoms with Crippen LogP contribution in [0.2, 0.25) is 0 Å². The third-order valence-electron chi connectivity index (χ3n) is 4.17. The van der Waals surface area contributed by atoms with Crippen molar-refractivity contribution in [3.63, 3.8) is 0 Å². The number of hydrogen-bond acceptors (Lipinski definition) is 6. The Morgan fingerprint density at radius 3 is 2.53 bits per heavy atom. The molecule has 0 aliphatic heterocycles. The topological polar surface area (TPSA) is 104 Å². The van der Waals surface area contributed by atoms with E-state index in [4.69, 9.17) is 4.42 Å². The SMILES string of the molecule is CN=C(NCCNC(=O)c1scnc1C)NCc1coc(-c2ccc(C)cc2)n1.I. The number of hydrogen-bond donors (Lipinski definition) is 3. The predicted molar refractivity (Wildman–Crippen MR) is 129 cm³/mol. The predicted octanol–water partition coefficient (Wildman–Crippen LogP) is 3.13. The van der Waals surface area contributed by atoms with Gasteiger partial charge in [0.15, 0.2) is 5.96 Å². The summed E-state index contributed by atoms with van der Waals surface area (Å²) in [6.07, 6.45) is 1.63. The molecule has 0 saturated heterocycles. The van der Waals surface area contributed by atoms with E-state index in [0.29, 0.717) is 36.4 Å². The molecule has 2 heterocycles. The lowest BCUT2D eigenvalue weighted by Gasteiger charge is -2.11. The van der Waals surface area contributed by atoms with Gasteiger partial charge >= 0.3 is 0 Å². The van der Waals surface area contributed by atoms with E-state index in [-0.39, 0.29) is 29.9 Å². The Hall–Kier alpha value is -2.47. The van der Waals surface area contributed by atoms with E-state index < -0.39 is 0 Å². The van der Waals surface area contributed by atoms with Gasteiger partial charge in [-0.1, -0.05) is 17.7 Å². The molecular formula is C20H25IN6O2S. The van der Waals surface area contributed by atoms with Gasteiger partial charge in [0.2, 0.25) is 5.89 Å². The van der Waals surface area contributed by atoms with E-state index in [2.05, 4.69) is 30.9 Å². The van der Waals surface area contributed by atoms with Crippen molar-refractivity contribution >= 4 is 47.2 Å². The van der Waals surface area contributed by atoms with Crippen LogP contribution >= 0.6 is 35.3 Å². The van der Waals surface area contributed by atoms with Crippen molar-refractivity contribution in [1.82, 2.24) is 25.9 Å². The number of nitrogens with zero attached hydrogens (tertiary/aromatic N) is 3. The maximum atomic E-state index is 12.1. The Morgan fingerprint density at radius 1 is 1.13 bits per heavy atom. The van der Waals surface area contributed by atoms with Crippen molar-refractivity contribution in [3.8, 4) is 11.5 Å². The number of thiazole rings is 1. The minimum absolute atomic E-state index is 0. The number of benzene rings is 1. The molecule has 0 fully saturated rings. The number of oxazole rings is 1. The van der Waals surface area contributed by atoms with Crippen LogP contribution in [-0.4, -0.2) is 42.0 Å². The zero-order valence-corrected chi connectivity index (χ0v) is 20.2. The molecule has 1 amide bonds. The summed E-state index contributed by atoms with van der Waals surface area (Å²) in [6.45, 7) is 5.35. The number of halogens is 1. The average Bonchev–Trinajstić information content (AvgIpc) is 3.37. The highest BCUT2D eigenvalue weighted by Crippen LogP contribution is 2.19. The van der Waals surface area contributed by atoms with Gasteiger partial charge in [-0.3, -0.25) is 9.79 Å². The van der Waals surface area contributed by atoms with E-state index in [1.54, 1.807) is 18.8 Å². The van der Waals surface area contributed by atoms with Crippen molar-refractivity contribution < 1.29 is 9.21 Å². The summed E-state index contributed by atoms with van der Waals surface area (Å²) in [6, 6.07) is 8.03. The van der Waals surface area contributed by atoms with Gasteiger partial charge in [0.25, 0.3) is 5.91 Å². The smallest absolute Gasteiger partial charge is 0.263 e.